The van der Waals surface area contributed by atoms with Crippen LogP contribution in [-0.2, 0) is 19.6 Å². The van der Waals surface area contributed by atoms with E-state index in [-0.39, 0.29) is 23.8 Å². The predicted molar refractivity (Wildman–Crippen MR) is 145 cm³/mol. The third-order valence-corrected chi connectivity index (χ3v) is 6.67. The zero-order valence-electron chi connectivity index (χ0n) is 23.0. The first-order chi connectivity index (χ1) is 17.3. The minimum atomic E-state index is -3.86. The Hall–Kier alpha value is -2.82. The van der Waals surface area contributed by atoms with E-state index in [0.29, 0.717) is 19.5 Å². The molecule has 0 aliphatic carbocycles. The molecule has 0 saturated heterocycles. The molecule has 10 nitrogen and oxygen atoms in total. The van der Waals surface area contributed by atoms with E-state index < -0.39 is 33.7 Å². The fourth-order valence-electron chi connectivity index (χ4n) is 3.30. The summed E-state index contributed by atoms with van der Waals surface area (Å²) in [7, 11) is -3.86. The zero-order valence-corrected chi connectivity index (χ0v) is 23.9. The number of carboxylic acid groups (broad SMARTS) is 1. The zero-order chi connectivity index (χ0) is 28.1. The van der Waals surface area contributed by atoms with Crippen LogP contribution in [0, 0.1) is 6.92 Å². The van der Waals surface area contributed by atoms with E-state index in [4.69, 9.17) is 4.74 Å². The minimum absolute atomic E-state index is 0.111. The molecule has 1 aromatic carbocycles. The number of aliphatic carboxylic acids is 1. The molecular weight excluding hydrogens is 496 g/mol. The maximum Gasteiger partial charge on any atom is 0.408 e. The van der Waals surface area contributed by atoms with Crippen LogP contribution in [0.4, 0.5) is 4.79 Å². The molecule has 0 aromatic heterocycles. The van der Waals surface area contributed by atoms with Crippen molar-refractivity contribution in [2.24, 2.45) is 4.99 Å². The number of carbonyl (C=O) groups is 2. The average Bonchev–Trinajstić information content (AvgIpc) is 2.79. The number of nitrogens with one attached hydrogen (secondary N) is 2. The van der Waals surface area contributed by atoms with Crippen LogP contribution >= 0.6 is 0 Å². The summed E-state index contributed by atoms with van der Waals surface area (Å²) in [4.78, 5) is 30.3. The lowest BCUT2D eigenvalue weighted by Gasteiger charge is -2.27. The van der Waals surface area contributed by atoms with Gasteiger partial charge in [0.05, 0.1) is 4.90 Å². The predicted octanol–water partition coefficient (Wildman–Crippen LogP) is 4.29. The number of aliphatic imine (C=N–C) groups is 1. The number of carboxylic acids is 1. The van der Waals surface area contributed by atoms with Crippen LogP contribution in [0.1, 0.15) is 78.7 Å². The summed E-state index contributed by atoms with van der Waals surface area (Å²) in [6.07, 6.45) is 3.25. The van der Waals surface area contributed by atoms with E-state index in [1.807, 2.05) is 11.8 Å². The summed E-state index contributed by atoms with van der Waals surface area (Å²) in [5.74, 6) is -0.933. The quantitative estimate of drug-likeness (QED) is 0.182. The van der Waals surface area contributed by atoms with Crippen molar-refractivity contribution in [3.63, 3.8) is 0 Å². The Labute approximate surface area is 221 Å². The van der Waals surface area contributed by atoms with Crippen LogP contribution in [0.2, 0.25) is 0 Å². The van der Waals surface area contributed by atoms with E-state index in [1.165, 1.54) is 0 Å². The first kappa shape index (κ1) is 32.2. The van der Waals surface area contributed by atoms with Crippen molar-refractivity contribution >= 4 is 28.0 Å². The number of amides is 1. The number of hydrogen-bond donors (Lipinski definition) is 3. The molecule has 3 N–H and O–H groups in total. The second-order valence-corrected chi connectivity index (χ2v) is 11.7. The Morgan fingerprint density at radius 1 is 1.05 bits per heavy atom. The second-order valence-electron chi connectivity index (χ2n) is 10.00. The van der Waals surface area contributed by atoms with E-state index in [2.05, 4.69) is 28.9 Å². The fourth-order valence-corrected chi connectivity index (χ4v) is 4.35. The molecule has 0 heterocycles. The number of carbonyl (C=O) groups excluding carboxylic acids is 1. The maximum absolute atomic E-state index is 13.1. The Kier molecular flexibility index (Phi) is 13.4. The van der Waals surface area contributed by atoms with Gasteiger partial charge in [-0.25, -0.2) is 22.7 Å². The van der Waals surface area contributed by atoms with Gasteiger partial charge in [-0.2, -0.15) is 0 Å². The van der Waals surface area contributed by atoms with Gasteiger partial charge in [0, 0.05) is 19.6 Å². The number of benzene rings is 1. The van der Waals surface area contributed by atoms with Crippen LogP contribution in [-0.4, -0.2) is 67.7 Å². The molecule has 0 saturated carbocycles. The minimum Gasteiger partial charge on any atom is -0.480 e. The normalized spacial score (nSPS) is 13.1. The fraction of sp³-hybridized carbons (Fsp3) is 0.654. The van der Waals surface area contributed by atoms with Gasteiger partial charge in [0.25, 0.3) is 10.0 Å². The molecule has 1 amide bonds. The van der Waals surface area contributed by atoms with Crippen molar-refractivity contribution < 1.29 is 27.9 Å². The first-order valence-electron chi connectivity index (χ1n) is 12.9. The third kappa shape index (κ3) is 12.8. The number of unbranched alkanes of at least 4 members (excludes halogenated alkanes) is 2. The molecule has 1 aromatic rings. The Morgan fingerprint density at radius 3 is 2.11 bits per heavy atom. The molecule has 11 heteroatoms. The van der Waals surface area contributed by atoms with Crippen molar-refractivity contribution in [2.45, 2.75) is 96.6 Å². The molecule has 37 heavy (non-hydrogen) atoms. The summed E-state index contributed by atoms with van der Waals surface area (Å²) in [5.41, 5.74) is 0.204. The van der Waals surface area contributed by atoms with Gasteiger partial charge in [0.1, 0.15) is 11.6 Å². The van der Waals surface area contributed by atoms with Crippen LogP contribution < -0.4 is 10.0 Å². The van der Waals surface area contributed by atoms with Crippen LogP contribution in [0.3, 0.4) is 0 Å². The highest BCUT2D eigenvalue weighted by molar-refractivity contribution is 7.90. The highest BCUT2D eigenvalue weighted by atomic mass is 32.2. The summed E-state index contributed by atoms with van der Waals surface area (Å²) >= 11 is 0. The van der Waals surface area contributed by atoms with Gasteiger partial charge in [-0.15, -0.1) is 0 Å². The Morgan fingerprint density at radius 2 is 1.62 bits per heavy atom. The van der Waals surface area contributed by atoms with E-state index >= 15 is 0 Å². The lowest BCUT2D eigenvalue weighted by molar-refractivity contribution is -0.139. The van der Waals surface area contributed by atoms with Gasteiger partial charge in [-0.1, -0.05) is 44.4 Å². The molecule has 0 radical (unpaired) electrons. The van der Waals surface area contributed by atoms with Crippen molar-refractivity contribution in [3.8, 4) is 0 Å². The Bertz CT molecular complexity index is 979. The van der Waals surface area contributed by atoms with Gasteiger partial charge in [-0.05, 0) is 65.5 Å². The molecule has 1 atom stereocenters. The number of hydrogen-bond acceptors (Lipinski definition) is 6. The summed E-state index contributed by atoms with van der Waals surface area (Å²) in [6.45, 7) is 12.6. The van der Waals surface area contributed by atoms with E-state index in [0.717, 1.165) is 31.2 Å². The highest BCUT2D eigenvalue weighted by Gasteiger charge is 2.24. The number of sulfonamides is 1. The number of alkyl carbamates (subject to hydrolysis) is 1. The smallest absolute Gasteiger partial charge is 0.408 e. The number of nitrogens with zero attached hydrogens (tertiary/aromatic N) is 2. The lowest BCUT2D eigenvalue weighted by atomic mass is 10.1. The number of aryl methyl sites for hydroxylation is 1. The van der Waals surface area contributed by atoms with Gasteiger partial charge >= 0.3 is 12.1 Å². The molecular formula is C26H44N4O6S. The Balaban J connectivity index is 3.04. The largest absolute Gasteiger partial charge is 0.480 e. The molecule has 0 unspecified atom stereocenters. The lowest BCUT2D eigenvalue weighted by Crippen LogP contribution is -2.45. The van der Waals surface area contributed by atoms with Crippen LogP contribution in [0.5, 0.6) is 0 Å². The van der Waals surface area contributed by atoms with Crippen molar-refractivity contribution in [2.75, 3.05) is 19.6 Å². The molecule has 0 fully saturated rings. The first-order valence-corrected chi connectivity index (χ1v) is 14.4. The van der Waals surface area contributed by atoms with Gasteiger partial charge in [0.15, 0.2) is 0 Å². The standard InChI is InChI=1S/C26H44N4O6S/c1-7-9-18-30(19-10-8-2)24(29-37(34,35)21-15-13-20(3)14-16-21)27-17-11-12-22(23(31)32)28-25(33)36-26(4,5)6/h13-16,22H,7-12,17-19H2,1-6H3,(H,27,29)(H,28,33)(H,31,32)/t22-/m0/s1. The number of rotatable bonds is 14. The summed E-state index contributed by atoms with van der Waals surface area (Å²) in [6, 6.07) is 5.44. The number of guanidine groups is 1. The molecule has 1 rings (SSSR count). The monoisotopic (exact) mass is 540 g/mol. The van der Waals surface area contributed by atoms with Gasteiger partial charge in [0.2, 0.25) is 5.96 Å². The average molecular weight is 541 g/mol. The van der Waals surface area contributed by atoms with E-state index in [9.17, 15) is 23.1 Å². The molecule has 0 bridgehead atoms. The molecule has 0 aliphatic heterocycles. The van der Waals surface area contributed by atoms with Crippen molar-refractivity contribution in [1.29, 1.82) is 0 Å². The third-order valence-electron chi connectivity index (χ3n) is 5.32. The highest BCUT2D eigenvalue weighted by Crippen LogP contribution is 2.12. The molecule has 0 aliphatic rings. The van der Waals surface area contributed by atoms with Gasteiger partial charge in [-0.3, -0.25) is 4.99 Å². The van der Waals surface area contributed by atoms with E-state index in [1.54, 1.807) is 45.0 Å². The summed E-state index contributed by atoms with van der Waals surface area (Å²) in [5, 5.41) is 11.9. The molecule has 0 spiro atoms. The second kappa shape index (κ2) is 15.4. The van der Waals surface area contributed by atoms with Crippen molar-refractivity contribution in [1.82, 2.24) is 14.9 Å². The number of ether oxygens (including phenoxy) is 1. The topological polar surface area (TPSA) is 137 Å². The molecule has 210 valence electrons. The van der Waals surface area contributed by atoms with Crippen LogP contribution in [0.25, 0.3) is 0 Å². The summed E-state index contributed by atoms with van der Waals surface area (Å²) < 4.78 is 34.0. The van der Waals surface area contributed by atoms with Crippen LogP contribution in [0.15, 0.2) is 34.2 Å². The van der Waals surface area contributed by atoms with Crippen molar-refractivity contribution in [3.05, 3.63) is 29.8 Å². The van der Waals surface area contributed by atoms with Gasteiger partial charge < -0.3 is 20.1 Å². The SMILES string of the molecule is CCCCN(CCCC)C(=NCCC[C@H](NC(=O)OC(C)(C)C)C(=O)O)NS(=O)(=O)c1ccc(C)cc1. The maximum atomic E-state index is 13.1.